The largest absolute Gasteiger partial charge is 0.352 e. The summed E-state index contributed by atoms with van der Waals surface area (Å²) in [6.07, 6.45) is 2.61. The first-order chi connectivity index (χ1) is 15.0. The number of benzene rings is 3. The number of hydrogen-bond donors (Lipinski definition) is 1. The van der Waals surface area contributed by atoms with Crippen molar-refractivity contribution in [3.8, 4) is 0 Å². The van der Waals surface area contributed by atoms with Crippen LogP contribution in [0.4, 0.5) is 5.69 Å². The molecule has 31 heavy (non-hydrogen) atoms. The SMILES string of the molecule is CN1C(=O)/C(=C\c2ccccc2)Sc2ccc(C(=O)NCCc3ccc(Cl)cc3)cc21. The Morgan fingerprint density at radius 3 is 2.55 bits per heavy atom. The third-order valence-electron chi connectivity index (χ3n) is 5.03. The topological polar surface area (TPSA) is 49.4 Å². The zero-order valence-electron chi connectivity index (χ0n) is 17.0. The Labute approximate surface area is 190 Å². The average Bonchev–Trinajstić information content (AvgIpc) is 2.79. The Bertz CT molecular complexity index is 1140. The second-order valence-corrected chi connectivity index (χ2v) is 8.72. The molecule has 0 fully saturated rings. The number of carbonyl (C=O) groups is 2. The first-order valence-corrected chi connectivity index (χ1v) is 11.1. The van der Waals surface area contributed by atoms with Crippen molar-refractivity contribution in [2.45, 2.75) is 11.3 Å². The Hall–Kier alpha value is -3.02. The third-order valence-corrected chi connectivity index (χ3v) is 6.36. The molecule has 4 rings (SSSR count). The predicted octanol–water partition coefficient (Wildman–Crippen LogP) is 5.42. The highest BCUT2D eigenvalue weighted by Crippen LogP contribution is 2.41. The molecule has 1 N–H and O–H groups in total. The molecule has 0 aliphatic carbocycles. The minimum atomic E-state index is -0.159. The van der Waals surface area contributed by atoms with Crippen LogP contribution in [0.15, 0.2) is 82.6 Å². The van der Waals surface area contributed by atoms with Crippen molar-refractivity contribution in [1.29, 1.82) is 0 Å². The maximum absolute atomic E-state index is 12.9. The molecule has 0 saturated heterocycles. The number of nitrogens with one attached hydrogen (secondary N) is 1. The van der Waals surface area contributed by atoms with Gasteiger partial charge in [-0.15, -0.1) is 0 Å². The number of amides is 2. The summed E-state index contributed by atoms with van der Waals surface area (Å²) in [6.45, 7) is 0.519. The van der Waals surface area contributed by atoms with Crippen LogP contribution in [0.5, 0.6) is 0 Å². The Morgan fingerprint density at radius 1 is 1.06 bits per heavy atom. The summed E-state index contributed by atoms with van der Waals surface area (Å²) in [6, 6.07) is 22.8. The molecule has 0 radical (unpaired) electrons. The molecule has 0 aromatic heterocycles. The minimum absolute atomic E-state index is 0.0818. The van der Waals surface area contributed by atoms with Gasteiger partial charge in [0.1, 0.15) is 0 Å². The summed E-state index contributed by atoms with van der Waals surface area (Å²) in [5, 5.41) is 3.64. The summed E-state index contributed by atoms with van der Waals surface area (Å²) >= 11 is 7.33. The first-order valence-electron chi connectivity index (χ1n) is 9.90. The molecule has 0 bridgehead atoms. The number of carbonyl (C=O) groups excluding carboxylic acids is 2. The van der Waals surface area contributed by atoms with Crippen molar-refractivity contribution in [3.05, 3.63) is 99.4 Å². The molecular weight excluding hydrogens is 428 g/mol. The predicted molar refractivity (Wildman–Crippen MR) is 128 cm³/mol. The van der Waals surface area contributed by atoms with Gasteiger partial charge in [-0.2, -0.15) is 0 Å². The summed E-state index contributed by atoms with van der Waals surface area (Å²) in [5.74, 6) is -0.241. The molecule has 1 aliphatic heterocycles. The number of nitrogens with zero attached hydrogens (tertiary/aromatic N) is 1. The summed E-state index contributed by atoms with van der Waals surface area (Å²) in [5.41, 5.74) is 3.36. The number of likely N-dealkylation sites (N-methyl/N-ethyl adjacent to an activating group) is 1. The highest BCUT2D eigenvalue weighted by atomic mass is 35.5. The van der Waals surface area contributed by atoms with E-state index < -0.39 is 0 Å². The van der Waals surface area contributed by atoms with Gasteiger partial charge in [-0.1, -0.05) is 65.8 Å². The Kier molecular flexibility index (Phi) is 6.44. The van der Waals surface area contributed by atoms with Gasteiger partial charge in [-0.05, 0) is 54.0 Å². The summed E-state index contributed by atoms with van der Waals surface area (Å²) in [7, 11) is 1.74. The van der Waals surface area contributed by atoms with E-state index in [4.69, 9.17) is 11.6 Å². The lowest BCUT2D eigenvalue weighted by atomic mass is 10.1. The lowest BCUT2D eigenvalue weighted by Crippen LogP contribution is -2.31. The fourth-order valence-electron chi connectivity index (χ4n) is 3.31. The zero-order chi connectivity index (χ0) is 21.8. The van der Waals surface area contributed by atoms with Crippen LogP contribution in [0.25, 0.3) is 6.08 Å². The van der Waals surface area contributed by atoms with Crippen LogP contribution in [-0.2, 0) is 11.2 Å². The van der Waals surface area contributed by atoms with Gasteiger partial charge in [0.05, 0.1) is 10.6 Å². The maximum Gasteiger partial charge on any atom is 0.264 e. The molecular formula is C25H21ClN2O2S. The van der Waals surface area contributed by atoms with Crippen molar-refractivity contribution in [2.24, 2.45) is 0 Å². The van der Waals surface area contributed by atoms with Gasteiger partial charge in [0, 0.05) is 29.1 Å². The average molecular weight is 449 g/mol. The van der Waals surface area contributed by atoms with E-state index in [9.17, 15) is 9.59 Å². The molecule has 4 nitrogen and oxygen atoms in total. The van der Waals surface area contributed by atoms with Crippen LogP contribution >= 0.6 is 23.4 Å². The van der Waals surface area contributed by atoms with E-state index in [0.29, 0.717) is 22.0 Å². The molecule has 3 aromatic rings. The quantitative estimate of drug-likeness (QED) is 0.530. The second-order valence-electron chi connectivity index (χ2n) is 7.20. The van der Waals surface area contributed by atoms with Crippen LogP contribution in [0, 0.1) is 0 Å². The van der Waals surface area contributed by atoms with E-state index in [1.165, 1.54) is 11.8 Å². The van der Waals surface area contributed by atoms with Crippen LogP contribution in [-0.4, -0.2) is 25.4 Å². The van der Waals surface area contributed by atoms with Crippen LogP contribution in [0.2, 0.25) is 5.02 Å². The number of thioether (sulfide) groups is 1. The zero-order valence-corrected chi connectivity index (χ0v) is 18.5. The summed E-state index contributed by atoms with van der Waals surface area (Å²) in [4.78, 5) is 28.7. The van der Waals surface area contributed by atoms with Crippen molar-refractivity contribution < 1.29 is 9.59 Å². The molecule has 1 aliphatic rings. The molecule has 0 atom stereocenters. The van der Waals surface area contributed by atoms with E-state index in [2.05, 4.69) is 5.32 Å². The van der Waals surface area contributed by atoms with Gasteiger partial charge in [0.15, 0.2) is 0 Å². The minimum Gasteiger partial charge on any atom is -0.352 e. The third kappa shape index (κ3) is 5.01. The van der Waals surface area contributed by atoms with Crippen molar-refractivity contribution in [1.82, 2.24) is 5.32 Å². The standard InChI is InChI=1S/C25H21ClN2O2S/c1-28-21-16-19(24(29)27-14-13-17-7-10-20(26)11-8-17)9-12-22(21)31-23(25(28)30)15-18-5-3-2-4-6-18/h2-12,15-16H,13-14H2,1H3,(H,27,29)/b23-15+. The van der Waals surface area contributed by atoms with Gasteiger partial charge >= 0.3 is 0 Å². The molecule has 6 heteroatoms. The van der Waals surface area contributed by atoms with Gasteiger partial charge in [-0.3, -0.25) is 9.59 Å². The fraction of sp³-hybridized carbons (Fsp3) is 0.120. The second kappa shape index (κ2) is 9.41. The van der Waals surface area contributed by atoms with Crippen LogP contribution < -0.4 is 10.2 Å². The normalized spacial score (nSPS) is 14.5. The highest BCUT2D eigenvalue weighted by Gasteiger charge is 2.27. The maximum atomic E-state index is 12.9. The van der Waals surface area contributed by atoms with Crippen molar-refractivity contribution in [3.63, 3.8) is 0 Å². The van der Waals surface area contributed by atoms with Crippen LogP contribution in [0.3, 0.4) is 0 Å². The molecule has 3 aromatic carbocycles. The van der Waals surface area contributed by atoms with E-state index in [-0.39, 0.29) is 11.8 Å². The van der Waals surface area contributed by atoms with E-state index in [1.54, 1.807) is 24.1 Å². The molecule has 2 amide bonds. The van der Waals surface area contributed by atoms with E-state index >= 15 is 0 Å². The summed E-state index contributed by atoms with van der Waals surface area (Å²) < 4.78 is 0. The van der Waals surface area contributed by atoms with Gasteiger partial charge in [0.25, 0.3) is 11.8 Å². The van der Waals surface area contributed by atoms with Gasteiger partial charge in [0.2, 0.25) is 0 Å². The van der Waals surface area contributed by atoms with Crippen LogP contribution in [0.1, 0.15) is 21.5 Å². The van der Waals surface area contributed by atoms with Crippen molar-refractivity contribution in [2.75, 3.05) is 18.5 Å². The molecule has 0 saturated carbocycles. The van der Waals surface area contributed by atoms with Gasteiger partial charge in [-0.25, -0.2) is 0 Å². The van der Waals surface area contributed by atoms with Gasteiger partial charge < -0.3 is 10.2 Å². The number of halogens is 1. The Balaban J connectivity index is 1.46. The lowest BCUT2D eigenvalue weighted by molar-refractivity contribution is -0.114. The molecule has 156 valence electrons. The number of rotatable bonds is 5. The Morgan fingerprint density at radius 2 is 1.81 bits per heavy atom. The highest BCUT2D eigenvalue weighted by molar-refractivity contribution is 8.04. The van der Waals surface area contributed by atoms with E-state index in [1.807, 2.05) is 66.7 Å². The smallest absolute Gasteiger partial charge is 0.264 e. The number of hydrogen-bond acceptors (Lipinski definition) is 3. The number of fused-ring (bicyclic) bond motifs is 1. The molecule has 0 unspecified atom stereocenters. The molecule has 1 heterocycles. The fourth-order valence-corrected chi connectivity index (χ4v) is 4.53. The first kappa shape index (κ1) is 21.2. The number of anilines is 1. The van der Waals surface area contributed by atoms with Crippen molar-refractivity contribution >= 4 is 46.9 Å². The molecule has 0 spiro atoms. The van der Waals surface area contributed by atoms with E-state index in [0.717, 1.165) is 28.1 Å². The monoisotopic (exact) mass is 448 g/mol. The lowest BCUT2D eigenvalue weighted by Gasteiger charge is -2.27.